The fourth-order valence-electron chi connectivity index (χ4n) is 3.54. The number of carbonyl (C=O) groups excluding carboxylic acids is 1. The molecule has 12 heteroatoms. The monoisotopic (exact) mass is 461 g/mol. The molecule has 1 aromatic heterocycles. The Hall–Kier alpha value is -3.77. The first-order valence-electron chi connectivity index (χ1n) is 9.24. The molecule has 0 unspecified atom stereocenters. The van der Waals surface area contributed by atoms with Crippen LogP contribution < -0.4 is 4.72 Å². The number of benzene rings is 2. The summed E-state index contributed by atoms with van der Waals surface area (Å²) in [5.41, 5.74) is 0.445. The number of esters is 1. The molecule has 0 spiro atoms. The molecule has 168 valence electrons. The van der Waals surface area contributed by atoms with Gasteiger partial charge in [0, 0.05) is 23.6 Å². The van der Waals surface area contributed by atoms with E-state index in [1.54, 1.807) is 24.3 Å². The third-order valence-corrected chi connectivity index (χ3v) is 6.50. The fraction of sp³-hybridized carbons (Fsp3) is 0.200. The van der Waals surface area contributed by atoms with Crippen LogP contribution in [0.25, 0.3) is 10.9 Å². The third kappa shape index (κ3) is 4.18. The molecule has 0 aliphatic rings. The lowest BCUT2D eigenvalue weighted by Crippen LogP contribution is -2.43. The summed E-state index contributed by atoms with van der Waals surface area (Å²) >= 11 is 0. The number of hydrogen-bond acceptors (Lipinski definition) is 7. The van der Waals surface area contributed by atoms with Gasteiger partial charge in [-0.15, -0.1) is 0 Å². The Kier molecular flexibility index (Phi) is 6.27. The summed E-state index contributed by atoms with van der Waals surface area (Å²) in [6.07, 6.45) is -1.47. The van der Waals surface area contributed by atoms with Crippen LogP contribution in [0.3, 0.4) is 0 Å². The summed E-state index contributed by atoms with van der Waals surface area (Å²) in [6.45, 7) is 1.54. The third-order valence-electron chi connectivity index (χ3n) is 4.98. The largest absolute Gasteiger partial charge is 0.468 e. The number of aromatic nitrogens is 1. The number of nitrogens with zero attached hydrogens (tertiary/aromatic N) is 2. The molecular formula is C20H19N3O8S. The number of nitro benzene ring substituents is 1. The molecule has 0 aliphatic heterocycles. The molecule has 0 bridgehead atoms. The first-order valence-corrected chi connectivity index (χ1v) is 10.7. The van der Waals surface area contributed by atoms with Gasteiger partial charge in [-0.3, -0.25) is 14.9 Å². The second-order valence-corrected chi connectivity index (χ2v) is 8.51. The maximum Gasteiger partial charge on any atom is 0.416 e. The molecule has 1 heterocycles. The van der Waals surface area contributed by atoms with E-state index >= 15 is 0 Å². The van der Waals surface area contributed by atoms with Crippen molar-refractivity contribution in [2.45, 2.75) is 24.3 Å². The maximum atomic E-state index is 12.9. The van der Waals surface area contributed by atoms with Gasteiger partial charge in [-0.2, -0.15) is 4.72 Å². The van der Waals surface area contributed by atoms with Crippen LogP contribution in [0.5, 0.6) is 0 Å². The number of ether oxygens (including phenoxy) is 1. The lowest BCUT2D eigenvalue weighted by atomic mass is 10.0. The van der Waals surface area contributed by atoms with Crippen LogP contribution in [-0.2, 0) is 26.0 Å². The average molecular weight is 461 g/mol. The van der Waals surface area contributed by atoms with Crippen molar-refractivity contribution >= 4 is 38.7 Å². The maximum absolute atomic E-state index is 12.9. The van der Waals surface area contributed by atoms with Gasteiger partial charge in [-0.1, -0.05) is 30.3 Å². The summed E-state index contributed by atoms with van der Waals surface area (Å²) in [4.78, 5) is 34.0. The molecule has 0 saturated heterocycles. The van der Waals surface area contributed by atoms with Crippen molar-refractivity contribution in [2.24, 2.45) is 0 Å². The Balaban J connectivity index is 2.07. The minimum atomic E-state index is -4.50. The summed E-state index contributed by atoms with van der Waals surface area (Å²) < 4.78 is 33.8. The lowest BCUT2D eigenvalue weighted by molar-refractivity contribution is -0.387. The Labute approximate surface area is 182 Å². The Morgan fingerprint density at radius 2 is 1.81 bits per heavy atom. The van der Waals surface area contributed by atoms with Crippen molar-refractivity contribution < 1.29 is 32.8 Å². The fourth-order valence-corrected chi connectivity index (χ4v) is 4.90. The van der Waals surface area contributed by atoms with Crippen molar-refractivity contribution in [2.75, 3.05) is 7.11 Å². The summed E-state index contributed by atoms with van der Waals surface area (Å²) in [5.74, 6) is -0.932. The van der Waals surface area contributed by atoms with E-state index in [-0.39, 0.29) is 6.42 Å². The van der Waals surface area contributed by atoms with Gasteiger partial charge >= 0.3 is 12.1 Å². The quantitative estimate of drug-likeness (QED) is 0.308. The minimum absolute atomic E-state index is 0.237. The zero-order valence-electron chi connectivity index (χ0n) is 17.0. The van der Waals surface area contributed by atoms with Crippen LogP contribution in [0.4, 0.5) is 10.5 Å². The average Bonchev–Trinajstić information content (AvgIpc) is 3.04. The molecular weight excluding hydrogens is 442 g/mol. The molecule has 2 N–H and O–H groups in total. The summed E-state index contributed by atoms with van der Waals surface area (Å²) in [7, 11) is -3.43. The van der Waals surface area contributed by atoms with Gasteiger partial charge in [0.25, 0.3) is 5.69 Å². The normalized spacial score (nSPS) is 12.4. The molecule has 11 nitrogen and oxygen atoms in total. The van der Waals surface area contributed by atoms with E-state index in [0.717, 1.165) is 23.8 Å². The molecule has 0 amide bonds. The van der Waals surface area contributed by atoms with Gasteiger partial charge in [0.1, 0.15) is 6.04 Å². The zero-order valence-corrected chi connectivity index (χ0v) is 17.8. The zero-order chi connectivity index (χ0) is 23.6. The highest BCUT2D eigenvalue weighted by Crippen LogP contribution is 2.28. The van der Waals surface area contributed by atoms with E-state index in [2.05, 4.69) is 4.72 Å². The predicted octanol–water partition coefficient (Wildman–Crippen LogP) is 2.45. The van der Waals surface area contributed by atoms with Crippen molar-refractivity contribution in [1.29, 1.82) is 0 Å². The number of carbonyl (C=O) groups is 2. The number of hydrogen-bond donors (Lipinski definition) is 2. The van der Waals surface area contributed by atoms with Gasteiger partial charge in [0.15, 0.2) is 4.90 Å². The highest BCUT2D eigenvalue weighted by Gasteiger charge is 2.32. The molecule has 0 aliphatic carbocycles. The lowest BCUT2D eigenvalue weighted by Gasteiger charge is -2.17. The van der Waals surface area contributed by atoms with E-state index in [9.17, 15) is 33.2 Å². The molecule has 1 atom stereocenters. The van der Waals surface area contributed by atoms with E-state index in [1.165, 1.54) is 19.1 Å². The van der Waals surface area contributed by atoms with Gasteiger partial charge < -0.3 is 9.84 Å². The number of carboxylic acid groups (broad SMARTS) is 1. The second-order valence-electron chi connectivity index (χ2n) is 6.83. The highest BCUT2D eigenvalue weighted by molar-refractivity contribution is 7.89. The van der Waals surface area contributed by atoms with Gasteiger partial charge in [0.05, 0.1) is 17.5 Å². The number of nitro groups is 1. The van der Waals surface area contributed by atoms with Crippen molar-refractivity contribution in [1.82, 2.24) is 9.29 Å². The van der Waals surface area contributed by atoms with Crippen LogP contribution in [0.2, 0.25) is 0 Å². The Bertz CT molecular complexity index is 1330. The second kappa shape index (κ2) is 8.77. The Morgan fingerprint density at radius 3 is 2.44 bits per heavy atom. The van der Waals surface area contributed by atoms with Crippen molar-refractivity contribution in [3.63, 3.8) is 0 Å². The SMILES string of the molecule is COC(=O)[C@H](Cc1c(C)n(C(=O)O)c2ccccc12)NS(=O)(=O)c1ccccc1[N+](=O)[O-]. The van der Waals surface area contributed by atoms with E-state index in [4.69, 9.17) is 4.74 Å². The van der Waals surface area contributed by atoms with E-state index in [1.807, 2.05) is 0 Å². The van der Waals surface area contributed by atoms with Crippen LogP contribution in [-0.4, -0.2) is 48.2 Å². The van der Waals surface area contributed by atoms with Crippen LogP contribution >= 0.6 is 0 Å². The van der Waals surface area contributed by atoms with Gasteiger partial charge in [-0.25, -0.2) is 17.8 Å². The van der Waals surface area contributed by atoms with E-state index < -0.39 is 43.6 Å². The number of rotatable bonds is 7. The molecule has 2 aromatic carbocycles. The van der Waals surface area contributed by atoms with Gasteiger partial charge in [0.2, 0.25) is 10.0 Å². The predicted molar refractivity (Wildman–Crippen MR) is 113 cm³/mol. The first kappa shape index (κ1) is 22.9. The van der Waals surface area contributed by atoms with E-state index in [0.29, 0.717) is 22.2 Å². The summed E-state index contributed by atoms with van der Waals surface area (Å²) in [5, 5.41) is 21.4. The number of fused-ring (bicyclic) bond motifs is 1. The first-order chi connectivity index (χ1) is 15.1. The Morgan fingerprint density at radius 1 is 1.19 bits per heavy atom. The highest BCUT2D eigenvalue weighted by atomic mass is 32.2. The van der Waals surface area contributed by atoms with Crippen molar-refractivity contribution in [3.8, 4) is 0 Å². The minimum Gasteiger partial charge on any atom is -0.468 e. The molecule has 32 heavy (non-hydrogen) atoms. The molecule has 0 saturated carbocycles. The van der Waals surface area contributed by atoms with Gasteiger partial charge in [-0.05, 0) is 24.6 Å². The number of methoxy groups -OCH3 is 1. The number of nitrogens with one attached hydrogen (secondary N) is 1. The molecule has 0 radical (unpaired) electrons. The molecule has 3 aromatic rings. The number of sulfonamides is 1. The van der Waals surface area contributed by atoms with Crippen LogP contribution in [0.15, 0.2) is 53.4 Å². The topological polar surface area (TPSA) is 158 Å². The standard InChI is InChI=1S/C20H19N3O8S/c1-12-14(13-7-3-4-8-16(13)22(12)20(25)26)11-15(19(24)31-2)21-32(29,30)18-10-6-5-9-17(18)23(27)28/h3-10,15,21H,11H2,1-2H3,(H,25,26)/t15-/m0/s1. The molecule has 3 rings (SSSR count). The smallest absolute Gasteiger partial charge is 0.416 e. The molecule has 0 fully saturated rings. The van der Waals surface area contributed by atoms with Crippen LogP contribution in [0, 0.1) is 17.0 Å². The van der Waals surface area contributed by atoms with Crippen molar-refractivity contribution in [3.05, 3.63) is 69.9 Å². The number of para-hydroxylation sites is 2. The van der Waals surface area contributed by atoms with Crippen LogP contribution in [0.1, 0.15) is 11.3 Å². The summed E-state index contributed by atoms with van der Waals surface area (Å²) in [6, 6.07) is 9.84.